The zero-order valence-electron chi connectivity index (χ0n) is 19.1. The smallest absolute Gasteiger partial charge is 0.248 e. The highest BCUT2D eigenvalue weighted by molar-refractivity contribution is 7.89. The van der Waals surface area contributed by atoms with Crippen molar-refractivity contribution in [3.63, 3.8) is 0 Å². The Bertz CT molecular complexity index is 995. The molecular weight excluding hydrogens is 428 g/mol. The maximum atomic E-state index is 12.5. The normalized spacial score (nSPS) is 11.5. The van der Waals surface area contributed by atoms with Crippen molar-refractivity contribution >= 4 is 21.6 Å². The molecule has 0 saturated carbocycles. The number of hydrogen-bond acceptors (Lipinski definition) is 6. The number of rotatable bonds is 13. The monoisotopic (exact) mass is 462 g/mol. The quantitative estimate of drug-likeness (QED) is 0.441. The van der Waals surface area contributed by atoms with Crippen LogP contribution in [0.4, 0.5) is 5.69 Å². The van der Waals surface area contributed by atoms with Crippen LogP contribution in [0.2, 0.25) is 0 Å². The van der Waals surface area contributed by atoms with E-state index in [1.807, 2.05) is 20.2 Å². The summed E-state index contributed by atoms with van der Waals surface area (Å²) < 4.78 is 31.0. The second-order valence-corrected chi connectivity index (χ2v) is 9.53. The van der Waals surface area contributed by atoms with Gasteiger partial charge in [0.05, 0.1) is 5.69 Å². The molecule has 1 amide bonds. The van der Waals surface area contributed by atoms with Gasteiger partial charge in [-0.2, -0.15) is 0 Å². The maximum absolute atomic E-state index is 12.5. The molecule has 0 radical (unpaired) electrons. The molecule has 8 nitrogen and oxygen atoms in total. The van der Waals surface area contributed by atoms with Gasteiger partial charge in [-0.25, -0.2) is 13.6 Å². The fraction of sp³-hybridized carbons (Fsp3) is 0.435. The number of nitrogens with zero attached hydrogens (tertiary/aromatic N) is 2. The van der Waals surface area contributed by atoms with Crippen molar-refractivity contribution < 1.29 is 17.9 Å². The third-order valence-electron chi connectivity index (χ3n) is 5.00. The molecule has 0 aromatic heterocycles. The Morgan fingerprint density at radius 3 is 2.22 bits per heavy atom. The van der Waals surface area contributed by atoms with E-state index < -0.39 is 15.9 Å². The summed E-state index contributed by atoms with van der Waals surface area (Å²) in [5.41, 5.74) is 6.08. The fourth-order valence-electron chi connectivity index (χ4n) is 3.37. The number of primary sulfonamides is 1. The average molecular weight is 463 g/mol. The maximum Gasteiger partial charge on any atom is 0.248 e. The topological polar surface area (TPSA) is 119 Å². The molecule has 0 fully saturated rings. The van der Waals surface area contributed by atoms with Crippen LogP contribution in [0.3, 0.4) is 0 Å². The molecule has 0 saturated heterocycles. The number of primary amides is 1. The van der Waals surface area contributed by atoms with E-state index in [9.17, 15) is 13.2 Å². The number of para-hydroxylation sites is 1. The van der Waals surface area contributed by atoms with E-state index >= 15 is 0 Å². The molecule has 2 rings (SSSR count). The molecule has 2 aromatic carbocycles. The highest BCUT2D eigenvalue weighted by Gasteiger charge is 2.25. The van der Waals surface area contributed by atoms with Crippen molar-refractivity contribution in [2.75, 3.05) is 38.6 Å². The number of anilines is 1. The summed E-state index contributed by atoms with van der Waals surface area (Å²) >= 11 is 0. The largest absolute Gasteiger partial charge is 0.454 e. The van der Waals surface area contributed by atoms with Crippen LogP contribution in [0.5, 0.6) is 11.5 Å². The molecule has 0 aliphatic rings. The summed E-state index contributed by atoms with van der Waals surface area (Å²) in [7, 11) is -0.196. The van der Waals surface area contributed by atoms with E-state index in [0.29, 0.717) is 24.5 Å². The van der Waals surface area contributed by atoms with Crippen LogP contribution in [0.15, 0.2) is 47.4 Å². The Hall–Kier alpha value is -2.62. The summed E-state index contributed by atoms with van der Waals surface area (Å²) in [5.74, 6) is -0.165. The molecule has 32 heavy (non-hydrogen) atoms. The Kier molecular flexibility index (Phi) is 9.49. The SMILES string of the molecule is CCCCCN(CCCN(C)C)c1cc(C(N)=O)cc(S(N)(=O)=O)c1Oc1ccccc1. The molecule has 176 valence electrons. The van der Waals surface area contributed by atoms with Crippen LogP contribution in [0, 0.1) is 0 Å². The van der Waals surface area contributed by atoms with E-state index in [1.54, 1.807) is 30.3 Å². The molecule has 0 atom stereocenters. The van der Waals surface area contributed by atoms with Gasteiger partial charge in [0, 0.05) is 18.7 Å². The highest BCUT2D eigenvalue weighted by Crippen LogP contribution is 2.39. The van der Waals surface area contributed by atoms with Crippen molar-refractivity contribution in [1.82, 2.24) is 4.90 Å². The molecule has 0 spiro atoms. The van der Waals surface area contributed by atoms with Gasteiger partial charge >= 0.3 is 0 Å². The molecule has 0 heterocycles. The summed E-state index contributed by atoms with van der Waals surface area (Å²) in [6.07, 6.45) is 3.82. The van der Waals surface area contributed by atoms with Crippen molar-refractivity contribution in [3.05, 3.63) is 48.0 Å². The van der Waals surface area contributed by atoms with Gasteiger partial charge in [-0.05, 0) is 57.7 Å². The minimum atomic E-state index is -4.19. The number of carbonyl (C=O) groups excluding carboxylic acids is 1. The molecule has 4 N–H and O–H groups in total. The Balaban J connectivity index is 2.64. The number of hydrogen-bond donors (Lipinski definition) is 2. The number of benzene rings is 2. The fourth-order valence-corrected chi connectivity index (χ4v) is 4.06. The molecule has 9 heteroatoms. The summed E-state index contributed by atoms with van der Waals surface area (Å²) in [4.78, 5) is 15.9. The van der Waals surface area contributed by atoms with Crippen LogP contribution in [0.1, 0.15) is 43.0 Å². The van der Waals surface area contributed by atoms with E-state index in [-0.39, 0.29) is 16.2 Å². The van der Waals surface area contributed by atoms with Gasteiger partial charge < -0.3 is 20.3 Å². The van der Waals surface area contributed by atoms with E-state index in [2.05, 4.69) is 16.7 Å². The third-order valence-corrected chi connectivity index (χ3v) is 5.91. The second-order valence-electron chi connectivity index (χ2n) is 8.00. The van der Waals surface area contributed by atoms with Crippen LogP contribution >= 0.6 is 0 Å². The molecule has 0 bridgehead atoms. The lowest BCUT2D eigenvalue weighted by Crippen LogP contribution is -2.30. The molecular formula is C23H34N4O4S. The van der Waals surface area contributed by atoms with Crippen molar-refractivity contribution in [2.45, 2.75) is 37.5 Å². The first kappa shape index (κ1) is 25.6. The minimum absolute atomic E-state index is 0.0672. The Morgan fingerprint density at radius 1 is 1.00 bits per heavy atom. The van der Waals surface area contributed by atoms with Gasteiger partial charge in [-0.3, -0.25) is 4.79 Å². The van der Waals surface area contributed by atoms with Gasteiger partial charge in [0.25, 0.3) is 0 Å². The van der Waals surface area contributed by atoms with Crippen LogP contribution in [-0.4, -0.2) is 53.0 Å². The lowest BCUT2D eigenvalue weighted by Gasteiger charge is -2.29. The number of ether oxygens (including phenoxy) is 1. The van der Waals surface area contributed by atoms with Gasteiger partial charge in [-0.15, -0.1) is 0 Å². The van der Waals surface area contributed by atoms with Gasteiger partial charge in [0.2, 0.25) is 15.9 Å². The second kappa shape index (κ2) is 11.8. The first-order chi connectivity index (χ1) is 15.1. The zero-order valence-corrected chi connectivity index (χ0v) is 19.9. The summed E-state index contributed by atoms with van der Waals surface area (Å²) in [6, 6.07) is 11.7. The minimum Gasteiger partial charge on any atom is -0.454 e. The number of amides is 1. The van der Waals surface area contributed by atoms with Gasteiger partial charge in [-0.1, -0.05) is 38.0 Å². The highest BCUT2D eigenvalue weighted by atomic mass is 32.2. The zero-order chi connectivity index (χ0) is 23.7. The average Bonchev–Trinajstić information content (AvgIpc) is 2.72. The van der Waals surface area contributed by atoms with Crippen molar-refractivity contribution in [1.29, 1.82) is 0 Å². The number of sulfonamides is 1. The van der Waals surface area contributed by atoms with Crippen molar-refractivity contribution in [2.24, 2.45) is 10.9 Å². The molecule has 0 aliphatic carbocycles. The van der Waals surface area contributed by atoms with Crippen LogP contribution in [-0.2, 0) is 10.0 Å². The number of carbonyl (C=O) groups is 1. The lowest BCUT2D eigenvalue weighted by molar-refractivity contribution is 0.1000. The van der Waals surface area contributed by atoms with E-state index in [4.69, 9.17) is 15.6 Å². The summed E-state index contributed by atoms with van der Waals surface area (Å²) in [5, 5.41) is 5.53. The number of unbranched alkanes of at least 4 members (excludes halogenated alkanes) is 2. The number of nitrogens with two attached hydrogens (primary N) is 2. The summed E-state index contributed by atoms with van der Waals surface area (Å²) in [6.45, 7) is 4.31. The van der Waals surface area contributed by atoms with Gasteiger partial charge in [0.15, 0.2) is 5.75 Å². The first-order valence-corrected chi connectivity index (χ1v) is 12.3. The van der Waals surface area contributed by atoms with E-state index in [1.165, 1.54) is 6.07 Å². The predicted molar refractivity (Wildman–Crippen MR) is 128 cm³/mol. The third kappa shape index (κ3) is 7.51. The van der Waals surface area contributed by atoms with E-state index in [0.717, 1.165) is 32.2 Å². The van der Waals surface area contributed by atoms with Gasteiger partial charge in [0.1, 0.15) is 10.6 Å². The van der Waals surface area contributed by atoms with Crippen LogP contribution in [0.25, 0.3) is 0 Å². The van der Waals surface area contributed by atoms with Crippen molar-refractivity contribution in [3.8, 4) is 11.5 Å². The molecule has 0 aliphatic heterocycles. The standard InChI is InChI=1S/C23H34N4O4S/c1-4-5-9-14-27(15-10-13-26(2)3)20-16-18(23(24)28)17-21(32(25,29)30)22(20)31-19-11-7-6-8-12-19/h6-8,11-12,16-17H,4-5,9-10,13-15H2,1-3H3,(H2,24,28)(H2,25,29,30). The lowest BCUT2D eigenvalue weighted by atomic mass is 10.1. The molecule has 0 unspecified atom stereocenters. The first-order valence-electron chi connectivity index (χ1n) is 10.8. The Morgan fingerprint density at radius 2 is 1.66 bits per heavy atom. The molecule has 2 aromatic rings. The van der Waals surface area contributed by atoms with Crippen LogP contribution < -0.4 is 20.5 Å². The Labute approximate surface area is 191 Å². The predicted octanol–water partition coefficient (Wildman–Crippen LogP) is 3.17.